The summed E-state index contributed by atoms with van der Waals surface area (Å²) in [5.74, 6) is -0.803. The molecule has 0 aromatic rings. The summed E-state index contributed by atoms with van der Waals surface area (Å²) in [6.07, 6.45) is 36.4. The SMILES string of the molecule is C=CCCCCCCCCCCCCCCCC(=O)OC[C@H](CO[C@@H]1O[C@H](CO)[C@H](O)C(O)C1O)OC(=O)CCCCCCCCCCC/C=C/CCCCCCCC. The molecule has 1 rings (SSSR count). The predicted octanol–water partition coefficient (Wildman–Crippen LogP) is 10.9. The molecular formula is C49H90O10. The second-order valence-electron chi connectivity index (χ2n) is 17.0. The first-order valence-corrected chi connectivity index (χ1v) is 24.4. The molecule has 346 valence electrons. The van der Waals surface area contributed by atoms with Crippen LogP contribution in [0.2, 0.25) is 0 Å². The highest BCUT2D eigenvalue weighted by molar-refractivity contribution is 5.70. The van der Waals surface area contributed by atoms with Crippen molar-refractivity contribution in [2.45, 2.75) is 256 Å². The molecule has 0 saturated carbocycles. The Morgan fingerprint density at radius 1 is 0.559 bits per heavy atom. The lowest BCUT2D eigenvalue weighted by Crippen LogP contribution is -2.59. The number of carbonyl (C=O) groups is 2. The van der Waals surface area contributed by atoms with E-state index < -0.39 is 49.4 Å². The van der Waals surface area contributed by atoms with Crippen LogP contribution in [0.1, 0.15) is 219 Å². The molecule has 0 aliphatic carbocycles. The Balaban J connectivity index is 2.27. The van der Waals surface area contributed by atoms with Crippen molar-refractivity contribution >= 4 is 11.9 Å². The van der Waals surface area contributed by atoms with Gasteiger partial charge in [0.05, 0.1) is 13.2 Å². The maximum absolute atomic E-state index is 12.8. The Kier molecular flexibility index (Phi) is 37.7. The average Bonchev–Trinajstić information content (AvgIpc) is 3.23. The van der Waals surface area contributed by atoms with Gasteiger partial charge < -0.3 is 39.4 Å². The second-order valence-corrected chi connectivity index (χ2v) is 17.0. The summed E-state index contributed by atoms with van der Waals surface area (Å²) < 4.78 is 22.2. The number of carbonyl (C=O) groups excluding carboxylic acids is 2. The molecule has 1 aliphatic rings. The lowest BCUT2D eigenvalue weighted by molar-refractivity contribution is -0.305. The van der Waals surface area contributed by atoms with Gasteiger partial charge >= 0.3 is 11.9 Å². The summed E-state index contributed by atoms with van der Waals surface area (Å²) in [7, 11) is 0. The van der Waals surface area contributed by atoms with Crippen LogP contribution < -0.4 is 0 Å². The molecular weight excluding hydrogens is 749 g/mol. The van der Waals surface area contributed by atoms with Gasteiger partial charge in [0.15, 0.2) is 12.4 Å². The minimum absolute atomic E-state index is 0.216. The Morgan fingerprint density at radius 2 is 0.983 bits per heavy atom. The van der Waals surface area contributed by atoms with Crippen LogP contribution in [0.25, 0.3) is 0 Å². The van der Waals surface area contributed by atoms with E-state index in [4.69, 9.17) is 18.9 Å². The first kappa shape index (κ1) is 55.2. The first-order chi connectivity index (χ1) is 28.8. The van der Waals surface area contributed by atoms with E-state index in [1.165, 1.54) is 148 Å². The van der Waals surface area contributed by atoms with Gasteiger partial charge in [-0.15, -0.1) is 6.58 Å². The summed E-state index contributed by atoms with van der Waals surface area (Å²) in [5.41, 5.74) is 0. The van der Waals surface area contributed by atoms with Crippen LogP contribution in [0.15, 0.2) is 24.8 Å². The van der Waals surface area contributed by atoms with Gasteiger partial charge in [-0.1, -0.05) is 173 Å². The Morgan fingerprint density at radius 3 is 1.44 bits per heavy atom. The monoisotopic (exact) mass is 839 g/mol. The normalized spacial score (nSPS) is 19.9. The van der Waals surface area contributed by atoms with E-state index >= 15 is 0 Å². The molecule has 59 heavy (non-hydrogen) atoms. The molecule has 0 aromatic heterocycles. The number of hydrogen-bond donors (Lipinski definition) is 4. The van der Waals surface area contributed by atoms with Crippen LogP contribution in [-0.2, 0) is 28.5 Å². The average molecular weight is 839 g/mol. The molecule has 0 bridgehead atoms. The largest absolute Gasteiger partial charge is 0.462 e. The van der Waals surface area contributed by atoms with Gasteiger partial charge in [0, 0.05) is 12.8 Å². The van der Waals surface area contributed by atoms with E-state index in [1.807, 2.05) is 6.08 Å². The summed E-state index contributed by atoms with van der Waals surface area (Å²) in [5, 5.41) is 40.1. The van der Waals surface area contributed by atoms with E-state index in [1.54, 1.807) is 0 Å². The molecule has 0 aromatic carbocycles. The fourth-order valence-electron chi connectivity index (χ4n) is 7.58. The highest BCUT2D eigenvalue weighted by atomic mass is 16.7. The Hall–Kier alpha value is -1.82. The number of unbranched alkanes of at least 4 members (excludes halogenated alkanes) is 28. The van der Waals surface area contributed by atoms with Gasteiger partial charge in [0.2, 0.25) is 0 Å². The second kappa shape index (κ2) is 40.3. The summed E-state index contributed by atoms with van der Waals surface area (Å²) >= 11 is 0. The van der Waals surface area contributed by atoms with Crippen molar-refractivity contribution < 1.29 is 49.0 Å². The third kappa shape index (κ3) is 31.7. The van der Waals surface area contributed by atoms with Crippen molar-refractivity contribution in [1.82, 2.24) is 0 Å². The third-order valence-electron chi connectivity index (χ3n) is 11.5. The number of ether oxygens (including phenoxy) is 4. The topological polar surface area (TPSA) is 152 Å². The zero-order valence-corrected chi connectivity index (χ0v) is 37.6. The standard InChI is InChI=1S/C49H90O10/c1-3-5-7-9-11-13-15-17-19-20-21-22-24-26-28-30-32-34-36-38-45(52)58-42(41-57-49-48(55)47(54)46(53)43(39-50)59-49)40-56-44(51)37-35-33-31-29-27-25-23-18-16-14-12-10-8-6-4-2/h4,17,19,42-43,46-50,53-55H,2-3,5-16,18,20-41H2,1H3/b19-17+/t42-,43-,46+,47?,48?,49-/m1/s1. The molecule has 1 heterocycles. The molecule has 10 nitrogen and oxygen atoms in total. The number of rotatable bonds is 42. The maximum Gasteiger partial charge on any atom is 0.306 e. The lowest BCUT2D eigenvalue weighted by Gasteiger charge is -2.39. The first-order valence-electron chi connectivity index (χ1n) is 24.4. The van der Waals surface area contributed by atoms with E-state index in [0.717, 1.165) is 44.9 Å². The van der Waals surface area contributed by atoms with Crippen molar-refractivity contribution in [2.75, 3.05) is 19.8 Å². The molecule has 2 unspecified atom stereocenters. The molecule has 1 saturated heterocycles. The quantitative estimate of drug-likeness (QED) is 0.0266. The molecule has 0 amide bonds. The molecule has 0 radical (unpaired) electrons. The highest BCUT2D eigenvalue weighted by Gasteiger charge is 2.44. The van der Waals surface area contributed by atoms with E-state index in [-0.39, 0.29) is 32.0 Å². The Labute approximate surface area is 360 Å². The number of aliphatic hydroxyl groups excluding tert-OH is 4. The van der Waals surface area contributed by atoms with E-state index in [0.29, 0.717) is 6.42 Å². The number of hydrogen-bond acceptors (Lipinski definition) is 10. The van der Waals surface area contributed by atoms with E-state index in [9.17, 15) is 30.0 Å². The molecule has 0 spiro atoms. The molecule has 6 atom stereocenters. The highest BCUT2D eigenvalue weighted by Crippen LogP contribution is 2.23. The van der Waals surface area contributed by atoms with Gasteiger partial charge in [-0.05, 0) is 51.4 Å². The van der Waals surface area contributed by atoms with Gasteiger partial charge in [-0.3, -0.25) is 9.59 Å². The Bertz CT molecular complexity index is 1000. The third-order valence-corrected chi connectivity index (χ3v) is 11.5. The van der Waals surface area contributed by atoms with Gasteiger partial charge in [-0.25, -0.2) is 0 Å². The smallest absolute Gasteiger partial charge is 0.306 e. The van der Waals surface area contributed by atoms with E-state index in [2.05, 4.69) is 25.7 Å². The zero-order chi connectivity index (χ0) is 43.0. The number of esters is 2. The van der Waals surface area contributed by atoms with Crippen molar-refractivity contribution in [3.8, 4) is 0 Å². The van der Waals surface area contributed by atoms with Crippen LogP contribution in [0.4, 0.5) is 0 Å². The zero-order valence-electron chi connectivity index (χ0n) is 37.6. The minimum Gasteiger partial charge on any atom is -0.462 e. The molecule has 10 heteroatoms. The van der Waals surface area contributed by atoms with Crippen molar-refractivity contribution in [3.05, 3.63) is 24.8 Å². The van der Waals surface area contributed by atoms with Crippen molar-refractivity contribution in [2.24, 2.45) is 0 Å². The molecule has 4 N–H and O–H groups in total. The molecule has 1 fully saturated rings. The van der Waals surface area contributed by atoms with Crippen LogP contribution in [0, 0.1) is 0 Å². The molecule has 1 aliphatic heterocycles. The van der Waals surface area contributed by atoms with Crippen LogP contribution in [0.3, 0.4) is 0 Å². The maximum atomic E-state index is 12.8. The number of allylic oxidation sites excluding steroid dienone is 3. The van der Waals surface area contributed by atoms with Crippen molar-refractivity contribution in [3.63, 3.8) is 0 Å². The minimum atomic E-state index is -1.59. The lowest BCUT2D eigenvalue weighted by atomic mass is 9.99. The van der Waals surface area contributed by atoms with Gasteiger partial charge in [0.25, 0.3) is 0 Å². The van der Waals surface area contributed by atoms with Crippen LogP contribution in [-0.4, -0.2) is 89.0 Å². The van der Waals surface area contributed by atoms with Crippen LogP contribution >= 0.6 is 0 Å². The van der Waals surface area contributed by atoms with Gasteiger partial charge in [0.1, 0.15) is 31.0 Å². The van der Waals surface area contributed by atoms with Crippen molar-refractivity contribution in [1.29, 1.82) is 0 Å². The predicted molar refractivity (Wildman–Crippen MR) is 238 cm³/mol. The number of aliphatic hydroxyl groups is 4. The summed E-state index contributed by atoms with van der Waals surface area (Å²) in [6.45, 7) is 4.96. The van der Waals surface area contributed by atoms with Crippen LogP contribution in [0.5, 0.6) is 0 Å². The summed E-state index contributed by atoms with van der Waals surface area (Å²) in [6, 6.07) is 0. The fraction of sp³-hybridized carbons (Fsp3) is 0.878. The fourth-order valence-corrected chi connectivity index (χ4v) is 7.58. The van der Waals surface area contributed by atoms with Gasteiger partial charge in [-0.2, -0.15) is 0 Å². The summed E-state index contributed by atoms with van der Waals surface area (Å²) in [4.78, 5) is 25.4.